The molecule has 0 saturated carbocycles. The first kappa shape index (κ1) is 19.3. The van der Waals surface area contributed by atoms with Crippen LogP contribution in [0.5, 0.6) is 0 Å². The standard InChI is InChI=1S/C17H28ClN3O2Si/c1-8-11-13-14(19-9-12(18)20-13)17(5,21-15(11)22)10-23-24(6,7)16(2,3)4/h9,11H,8,10H2,1-7H3,(H,21,22). The number of carbonyl (C=O) groups excluding carboxylic acids is 1. The summed E-state index contributed by atoms with van der Waals surface area (Å²) >= 11 is 6.02. The number of hydrogen-bond donors (Lipinski definition) is 1. The van der Waals surface area contributed by atoms with Crippen LogP contribution in [-0.4, -0.2) is 30.8 Å². The van der Waals surface area contributed by atoms with Crippen LogP contribution in [0.4, 0.5) is 0 Å². The van der Waals surface area contributed by atoms with Gasteiger partial charge in [0.2, 0.25) is 5.91 Å². The summed E-state index contributed by atoms with van der Waals surface area (Å²) < 4.78 is 6.36. The van der Waals surface area contributed by atoms with Crippen molar-refractivity contribution in [2.45, 2.75) is 70.6 Å². The van der Waals surface area contributed by atoms with Crippen LogP contribution in [0.15, 0.2) is 6.20 Å². The number of fused-ring (bicyclic) bond motifs is 1. The van der Waals surface area contributed by atoms with Gasteiger partial charge in [-0.1, -0.05) is 39.3 Å². The van der Waals surface area contributed by atoms with Gasteiger partial charge in [-0.25, -0.2) is 4.98 Å². The number of nitrogens with one attached hydrogen (secondary N) is 1. The summed E-state index contributed by atoms with van der Waals surface area (Å²) in [6.07, 6.45) is 2.20. The minimum atomic E-state index is -1.94. The Labute approximate surface area is 150 Å². The summed E-state index contributed by atoms with van der Waals surface area (Å²) in [7, 11) is -1.94. The van der Waals surface area contributed by atoms with Crippen molar-refractivity contribution in [2.75, 3.05) is 6.61 Å². The lowest BCUT2D eigenvalue weighted by atomic mass is 9.84. The fourth-order valence-electron chi connectivity index (χ4n) is 2.62. The van der Waals surface area contributed by atoms with Gasteiger partial charge in [0.25, 0.3) is 0 Å². The highest BCUT2D eigenvalue weighted by molar-refractivity contribution is 6.74. The van der Waals surface area contributed by atoms with Crippen LogP contribution >= 0.6 is 11.6 Å². The SMILES string of the molecule is CCC1C(=O)NC(C)(CO[Si](C)(C)C(C)(C)C)c2ncc(Cl)nc21. The highest BCUT2D eigenvalue weighted by Crippen LogP contribution is 2.39. The summed E-state index contributed by atoms with van der Waals surface area (Å²) in [5.74, 6) is -0.352. The lowest BCUT2D eigenvalue weighted by Gasteiger charge is -2.42. The maximum atomic E-state index is 12.6. The molecule has 1 aliphatic heterocycles. The van der Waals surface area contributed by atoms with Gasteiger partial charge in [0, 0.05) is 0 Å². The lowest BCUT2D eigenvalue weighted by Crippen LogP contribution is -2.56. The van der Waals surface area contributed by atoms with Crippen molar-refractivity contribution >= 4 is 25.8 Å². The van der Waals surface area contributed by atoms with Gasteiger partial charge in [0.15, 0.2) is 8.32 Å². The minimum absolute atomic E-state index is 0.0390. The summed E-state index contributed by atoms with van der Waals surface area (Å²) in [4.78, 5) is 21.5. The van der Waals surface area contributed by atoms with Crippen LogP contribution in [0.2, 0.25) is 23.3 Å². The summed E-state index contributed by atoms with van der Waals surface area (Å²) in [6, 6.07) is 0. The molecule has 7 heteroatoms. The lowest BCUT2D eigenvalue weighted by molar-refractivity contribution is -0.126. The fraction of sp³-hybridized carbons (Fsp3) is 0.706. The largest absolute Gasteiger partial charge is 0.414 e. The van der Waals surface area contributed by atoms with E-state index in [1.807, 2.05) is 13.8 Å². The third-order valence-corrected chi connectivity index (χ3v) is 9.93. The van der Waals surface area contributed by atoms with Gasteiger partial charge in [0.05, 0.1) is 30.1 Å². The first-order valence-corrected chi connectivity index (χ1v) is 11.7. The zero-order valence-electron chi connectivity index (χ0n) is 15.7. The van der Waals surface area contributed by atoms with E-state index in [0.717, 1.165) is 5.69 Å². The van der Waals surface area contributed by atoms with Crippen molar-refractivity contribution in [1.29, 1.82) is 0 Å². The Balaban J connectivity index is 2.38. The second-order valence-electron chi connectivity index (χ2n) is 8.26. The topological polar surface area (TPSA) is 64.1 Å². The zero-order chi connectivity index (χ0) is 18.3. The van der Waals surface area contributed by atoms with E-state index in [1.54, 1.807) is 0 Å². The molecular weight excluding hydrogens is 342 g/mol. The number of halogens is 1. The Bertz CT molecular complexity index is 645. The Morgan fingerprint density at radius 3 is 2.58 bits per heavy atom. The molecule has 1 aromatic rings. The molecule has 0 saturated heterocycles. The van der Waals surface area contributed by atoms with Gasteiger partial charge in [-0.05, 0) is 31.5 Å². The molecular formula is C17H28ClN3O2Si. The summed E-state index contributed by atoms with van der Waals surface area (Å²) in [5, 5.41) is 3.52. The zero-order valence-corrected chi connectivity index (χ0v) is 17.4. The molecule has 24 heavy (non-hydrogen) atoms. The van der Waals surface area contributed by atoms with Gasteiger partial charge in [-0.2, -0.15) is 0 Å². The van der Waals surface area contributed by atoms with Gasteiger partial charge in [-0.15, -0.1) is 0 Å². The van der Waals surface area contributed by atoms with Crippen LogP contribution in [0.1, 0.15) is 58.3 Å². The molecule has 1 aliphatic rings. The predicted molar refractivity (Wildman–Crippen MR) is 98.7 cm³/mol. The highest BCUT2D eigenvalue weighted by Gasteiger charge is 2.45. The smallest absolute Gasteiger partial charge is 0.230 e. The van der Waals surface area contributed by atoms with Crippen molar-refractivity contribution in [2.24, 2.45) is 0 Å². The van der Waals surface area contributed by atoms with Crippen molar-refractivity contribution in [3.05, 3.63) is 22.7 Å². The van der Waals surface area contributed by atoms with Crippen LogP contribution in [0.25, 0.3) is 0 Å². The third kappa shape index (κ3) is 3.50. The van der Waals surface area contributed by atoms with Crippen molar-refractivity contribution in [3.63, 3.8) is 0 Å². The normalized spacial score (nSPS) is 24.5. The second-order valence-corrected chi connectivity index (χ2v) is 13.5. The van der Waals surface area contributed by atoms with E-state index in [1.165, 1.54) is 6.20 Å². The molecule has 2 unspecified atom stereocenters. The molecule has 2 rings (SSSR count). The molecule has 2 atom stereocenters. The van der Waals surface area contributed by atoms with Crippen LogP contribution in [0.3, 0.4) is 0 Å². The molecule has 1 aromatic heterocycles. The number of aromatic nitrogens is 2. The van der Waals surface area contributed by atoms with Crippen molar-refractivity contribution in [1.82, 2.24) is 15.3 Å². The third-order valence-electron chi connectivity index (χ3n) is 5.27. The number of rotatable bonds is 4. The number of carbonyl (C=O) groups is 1. The van der Waals surface area contributed by atoms with E-state index in [-0.39, 0.29) is 16.9 Å². The fourth-order valence-corrected chi connectivity index (χ4v) is 3.84. The first-order valence-electron chi connectivity index (χ1n) is 8.40. The maximum Gasteiger partial charge on any atom is 0.230 e. The van der Waals surface area contributed by atoms with Crippen LogP contribution in [-0.2, 0) is 14.8 Å². The number of hydrogen-bond acceptors (Lipinski definition) is 4. The van der Waals surface area contributed by atoms with E-state index in [9.17, 15) is 4.79 Å². The molecule has 134 valence electrons. The van der Waals surface area contributed by atoms with E-state index >= 15 is 0 Å². The van der Waals surface area contributed by atoms with E-state index in [0.29, 0.717) is 23.9 Å². The average Bonchev–Trinajstić information content (AvgIpc) is 2.44. The van der Waals surface area contributed by atoms with Gasteiger partial charge in [0.1, 0.15) is 10.7 Å². The van der Waals surface area contributed by atoms with Crippen LogP contribution < -0.4 is 5.32 Å². The quantitative estimate of drug-likeness (QED) is 0.815. The van der Waals surface area contributed by atoms with Crippen molar-refractivity contribution in [3.8, 4) is 0 Å². The minimum Gasteiger partial charge on any atom is -0.414 e. The molecule has 0 bridgehead atoms. The molecule has 5 nitrogen and oxygen atoms in total. The Morgan fingerprint density at radius 2 is 2.04 bits per heavy atom. The molecule has 0 radical (unpaired) electrons. The molecule has 0 spiro atoms. The monoisotopic (exact) mass is 369 g/mol. The average molecular weight is 370 g/mol. The van der Waals surface area contributed by atoms with Gasteiger partial charge >= 0.3 is 0 Å². The maximum absolute atomic E-state index is 12.6. The van der Waals surface area contributed by atoms with E-state index in [4.69, 9.17) is 16.0 Å². The Morgan fingerprint density at radius 1 is 1.42 bits per heavy atom. The van der Waals surface area contributed by atoms with E-state index in [2.05, 4.69) is 49.1 Å². The van der Waals surface area contributed by atoms with Crippen molar-refractivity contribution < 1.29 is 9.22 Å². The van der Waals surface area contributed by atoms with Crippen LogP contribution in [0, 0.1) is 0 Å². The molecule has 0 aliphatic carbocycles. The molecule has 0 aromatic carbocycles. The molecule has 2 heterocycles. The van der Waals surface area contributed by atoms with E-state index < -0.39 is 13.9 Å². The number of amides is 1. The predicted octanol–water partition coefficient (Wildman–Crippen LogP) is 3.99. The number of nitrogens with zero attached hydrogens (tertiary/aromatic N) is 2. The molecule has 1 amide bonds. The summed E-state index contributed by atoms with van der Waals surface area (Å²) in [5.41, 5.74) is 0.748. The van der Waals surface area contributed by atoms with Gasteiger partial charge in [-0.3, -0.25) is 9.78 Å². The Kier molecular flexibility index (Phi) is 5.15. The molecule has 0 fully saturated rings. The first-order chi connectivity index (χ1) is 10.9. The highest BCUT2D eigenvalue weighted by atomic mass is 35.5. The summed E-state index contributed by atoms with van der Waals surface area (Å²) in [6.45, 7) is 15.3. The second kappa shape index (κ2) is 6.39. The molecule has 1 N–H and O–H groups in total. The van der Waals surface area contributed by atoms with Gasteiger partial charge < -0.3 is 9.74 Å². The Hall–Kier alpha value is -0.983.